The molecular weight excluding hydrogens is 276 g/mol. The fraction of sp³-hybridized carbons (Fsp3) is 0.933. The van der Waals surface area contributed by atoms with E-state index in [9.17, 15) is 15.3 Å². The van der Waals surface area contributed by atoms with E-state index in [1.165, 1.54) is 0 Å². The van der Waals surface area contributed by atoms with Crippen molar-refractivity contribution in [1.29, 1.82) is 0 Å². The fourth-order valence-electron chi connectivity index (χ4n) is 0.433. The SMILES string of the molecule is CCCC[O-].CCCC[O-].CCCC[O-].C[CH-]C.[Ti+4]. The second kappa shape index (κ2) is 51.3. The molecule has 0 heterocycles. The molecule has 0 amide bonds. The molecule has 0 N–H and O–H groups in total. The average Bonchev–Trinajstić information content (AvgIpc) is 2.35. The second-order valence-electron chi connectivity index (χ2n) is 3.75. The Bertz CT molecular complexity index is 63.5. The molecule has 0 aromatic carbocycles. The van der Waals surface area contributed by atoms with Gasteiger partial charge in [0, 0.05) is 0 Å². The molecule has 0 radical (unpaired) electrons. The fourth-order valence-corrected chi connectivity index (χ4v) is 0.433. The van der Waals surface area contributed by atoms with Gasteiger partial charge in [0.15, 0.2) is 0 Å². The Hall–Kier alpha value is 0.594. The normalized spacial score (nSPS) is 7.58. The molecule has 0 saturated heterocycles. The van der Waals surface area contributed by atoms with Gasteiger partial charge in [-0.1, -0.05) is 59.3 Å². The first kappa shape index (κ1) is 31.8. The average molecular weight is 310 g/mol. The van der Waals surface area contributed by atoms with Crippen LogP contribution in [-0.4, -0.2) is 19.8 Å². The summed E-state index contributed by atoms with van der Waals surface area (Å²) in [5, 5.41) is 28.6. The van der Waals surface area contributed by atoms with Crippen LogP contribution < -0.4 is 15.3 Å². The summed E-state index contributed by atoms with van der Waals surface area (Å²) in [6.45, 7) is 10.3. The Labute approximate surface area is 136 Å². The summed E-state index contributed by atoms with van der Waals surface area (Å²) in [6.07, 6.45) is 7.59. The molecule has 0 aromatic rings. The summed E-state index contributed by atoms with van der Waals surface area (Å²) in [5.41, 5.74) is 0. The van der Waals surface area contributed by atoms with E-state index in [2.05, 4.69) is 0 Å². The minimum absolute atomic E-state index is 0. The van der Waals surface area contributed by atoms with Crippen molar-refractivity contribution in [2.45, 2.75) is 73.1 Å². The molecule has 0 atom stereocenters. The Morgan fingerprint density at radius 3 is 0.789 bits per heavy atom. The van der Waals surface area contributed by atoms with Crippen LogP contribution in [0.4, 0.5) is 0 Å². The van der Waals surface area contributed by atoms with Gasteiger partial charge in [0.1, 0.15) is 0 Å². The minimum Gasteiger partial charge on any atom is -0.854 e. The molecular formula is C15H34O3Ti. The van der Waals surface area contributed by atoms with Crippen LogP contribution in [0.1, 0.15) is 73.1 Å². The number of rotatable bonds is 6. The molecule has 0 rings (SSSR count). The second-order valence-corrected chi connectivity index (χ2v) is 3.75. The summed E-state index contributed by atoms with van der Waals surface area (Å²) in [5.74, 6) is 0. The zero-order valence-corrected chi connectivity index (χ0v) is 15.2. The van der Waals surface area contributed by atoms with E-state index in [4.69, 9.17) is 0 Å². The maximum absolute atomic E-state index is 9.53. The predicted molar refractivity (Wildman–Crippen MR) is 75.0 cm³/mol. The van der Waals surface area contributed by atoms with Crippen LogP contribution in [0.25, 0.3) is 0 Å². The predicted octanol–water partition coefficient (Wildman–Crippen LogP) is 1.67. The van der Waals surface area contributed by atoms with Crippen molar-refractivity contribution in [2.75, 3.05) is 19.8 Å². The third kappa shape index (κ3) is 118. The maximum atomic E-state index is 9.53. The summed E-state index contributed by atoms with van der Waals surface area (Å²) >= 11 is 0. The zero-order valence-electron chi connectivity index (χ0n) is 13.7. The van der Waals surface area contributed by atoms with Crippen LogP contribution in [0.15, 0.2) is 0 Å². The molecule has 0 aliphatic heterocycles. The van der Waals surface area contributed by atoms with Gasteiger partial charge < -0.3 is 21.7 Å². The van der Waals surface area contributed by atoms with Crippen LogP contribution in [0.3, 0.4) is 0 Å². The van der Waals surface area contributed by atoms with Crippen LogP contribution in [-0.2, 0) is 21.7 Å². The van der Waals surface area contributed by atoms with Crippen molar-refractivity contribution in [2.24, 2.45) is 0 Å². The molecule has 0 bridgehead atoms. The molecule has 0 aromatic heterocycles. The van der Waals surface area contributed by atoms with Gasteiger partial charge in [-0.3, -0.25) is 0 Å². The Balaban J connectivity index is -0.0000000458. The van der Waals surface area contributed by atoms with Gasteiger partial charge in [0.2, 0.25) is 0 Å². The molecule has 0 unspecified atom stereocenters. The van der Waals surface area contributed by atoms with E-state index in [0.29, 0.717) is 0 Å². The first-order chi connectivity index (χ1) is 8.66. The Morgan fingerprint density at radius 2 is 0.789 bits per heavy atom. The summed E-state index contributed by atoms with van der Waals surface area (Å²) in [7, 11) is 0. The maximum Gasteiger partial charge on any atom is 4.00 e. The number of hydrogen-bond donors (Lipinski definition) is 0. The van der Waals surface area contributed by atoms with Crippen molar-refractivity contribution < 1.29 is 37.0 Å². The van der Waals surface area contributed by atoms with Crippen molar-refractivity contribution in [3.63, 3.8) is 0 Å². The molecule has 0 fully saturated rings. The minimum atomic E-state index is 0. The summed E-state index contributed by atoms with van der Waals surface area (Å²) in [4.78, 5) is 0. The molecule has 4 heteroatoms. The van der Waals surface area contributed by atoms with Crippen molar-refractivity contribution in [1.82, 2.24) is 0 Å². The quantitative estimate of drug-likeness (QED) is 0.553. The molecule has 0 saturated carbocycles. The third-order valence-electron chi connectivity index (χ3n) is 1.49. The van der Waals surface area contributed by atoms with Gasteiger partial charge >= 0.3 is 21.7 Å². The number of unbranched alkanes of at least 4 members (excludes halogenated alkanes) is 3. The third-order valence-corrected chi connectivity index (χ3v) is 1.49. The smallest absolute Gasteiger partial charge is 0.854 e. The van der Waals surface area contributed by atoms with Crippen LogP contribution in [0, 0.1) is 6.42 Å². The monoisotopic (exact) mass is 310 g/mol. The first-order valence-corrected chi connectivity index (χ1v) is 7.14. The molecule has 116 valence electrons. The standard InChI is InChI=1S/3C4H9O.C3H7.Ti/c3*1-2-3-4-5;1-3-2;/h3*2-4H2,1H3;3H,1-2H3;/q4*-1;+4. The van der Waals surface area contributed by atoms with Gasteiger partial charge in [-0.15, -0.1) is 19.8 Å². The van der Waals surface area contributed by atoms with E-state index < -0.39 is 0 Å². The van der Waals surface area contributed by atoms with E-state index in [0.717, 1.165) is 38.5 Å². The van der Waals surface area contributed by atoms with Crippen molar-refractivity contribution >= 4 is 0 Å². The van der Waals surface area contributed by atoms with E-state index in [1.54, 1.807) is 0 Å². The number of hydrogen-bond acceptors (Lipinski definition) is 3. The van der Waals surface area contributed by atoms with Crippen molar-refractivity contribution in [3.8, 4) is 0 Å². The zero-order chi connectivity index (χ0) is 15.1. The topological polar surface area (TPSA) is 69.2 Å². The first-order valence-electron chi connectivity index (χ1n) is 7.14. The van der Waals surface area contributed by atoms with Crippen LogP contribution >= 0.6 is 0 Å². The Morgan fingerprint density at radius 1 is 0.632 bits per heavy atom. The summed E-state index contributed by atoms with van der Waals surface area (Å²) < 4.78 is 0. The molecule has 0 aliphatic rings. The van der Waals surface area contributed by atoms with Gasteiger partial charge in [-0.25, -0.2) is 0 Å². The van der Waals surface area contributed by atoms with Crippen LogP contribution in [0.2, 0.25) is 0 Å². The van der Waals surface area contributed by atoms with Gasteiger partial charge in [0.25, 0.3) is 0 Å². The van der Waals surface area contributed by atoms with E-state index >= 15 is 0 Å². The Kier molecular flexibility index (Phi) is 85.9. The van der Waals surface area contributed by atoms with Crippen LogP contribution in [0.5, 0.6) is 0 Å². The largest absolute Gasteiger partial charge is 4.00 e. The molecule has 0 aliphatic carbocycles. The van der Waals surface area contributed by atoms with E-state index in [1.807, 2.05) is 41.0 Å². The van der Waals surface area contributed by atoms with Gasteiger partial charge in [0.05, 0.1) is 0 Å². The van der Waals surface area contributed by atoms with Crippen molar-refractivity contribution in [3.05, 3.63) is 6.42 Å². The molecule has 19 heavy (non-hydrogen) atoms. The van der Waals surface area contributed by atoms with Gasteiger partial charge in [-0.2, -0.15) is 13.8 Å². The van der Waals surface area contributed by atoms with E-state index in [-0.39, 0.29) is 41.5 Å². The summed E-state index contributed by atoms with van der Waals surface area (Å²) in [6, 6.07) is 0. The molecule has 0 spiro atoms. The molecule has 3 nitrogen and oxygen atoms in total. The van der Waals surface area contributed by atoms with Gasteiger partial charge in [-0.05, 0) is 0 Å².